The zero-order valence-corrected chi connectivity index (χ0v) is 18.8. The molecule has 0 bridgehead atoms. The molecular formula is C26H37N3O. The van der Waals surface area contributed by atoms with E-state index in [1.807, 2.05) is 24.4 Å². The van der Waals surface area contributed by atoms with Crippen LogP contribution in [0.4, 0.5) is 0 Å². The monoisotopic (exact) mass is 407 g/mol. The van der Waals surface area contributed by atoms with E-state index in [-0.39, 0.29) is 17.4 Å². The second-order valence-corrected chi connectivity index (χ2v) is 9.77. The highest BCUT2D eigenvalue weighted by Crippen LogP contribution is 2.27. The minimum Gasteiger partial charge on any atom is -0.348 e. The van der Waals surface area contributed by atoms with Gasteiger partial charge in [-0.05, 0) is 55.3 Å². The van der Waals surface area contributed by atoms with E-state index in [0.29, 0.717) is 12.5 Å². The van der Waals surface area contributed by atoms with E-state index >= 15 is 0 Å². The van der Waals surface area contributed by atoms with E-state index in [2.05, 4.69) is 66.3 Å². The Kier molecular flexibility index (Phi) is 8.03. The Bertz CT molecular complexity index is 770. The third kappa shape index (κ3) is 7.24. The first kappa shape index (κ1) is 22.5. The average Bonchev–Trinajstić information content (AvgIpc) is 2.73. The predicted molar refractivity (Wildman–Crippen MR) is 123 cm³/mol. The molecule has 2 aromatic rings. The number of amides is 1. The summed E-state index contributed by atoms with van der Waals surface area (Å²) in [5, 5.41) is 3.30. The SMILES string of the molecule is CC(C)(C)CC(=O)N[C@@H](C[C@@H]1CCCCN1CCc1ccccc1)c1ccccn1. The second-order valence-electron chi connectivity index (χ2n) is 9.77. The molecule has 3 rings (SSSR count). The minimum absolute atomic E-state index is 0.0225. The lowest BCUT2D eigenvalue weighted by atomic mass is 9.90. The van der Waals surface area contributed by atoms with Crippen molar-refractivity contribution >= 4 is 5.91 Å². The summed E-state index contributed by atoms with van der Waals surface area (Å²) in [7, 11) is 0. The average molecular weight is 408 g/mol. The van der Waals surface area contributed by atoms with Crippen LogP contribution in [0.5, 0.6) is 0 Å². The lowest BCUT2D eigenvalue weighted by molar-refractivity contribution is -0.123. The van der Waals surface area contributed by atoms with E-state index in [1.54, 1.807) is 0 Å². The number of carbonyl (C=O) groups is 1. The molecule has 1 aromatic carbocycles. The maximum Gasteiger partial charge on any atom is 0.221 e. The maximum absolute atomic E-state index is 12.7. The summed E-state index contributed by atoms with van der Waals surface area (Å²) in [6, 6.07) is 17.2. The largest absolute Gasteiger partial charge is 0.348 e. The fourth-order valence-electron chi connectivity index (χ4n) is 4.37. The summed E-state index contributed by atoms with van der Waals surface area (Å²) in [6.45, 7) is 8.53. The Labute approximate surface area is 182 Å². The van der Waals surface area contributed by atoms with Crippen LogP contribution in [0.2, 0.25) is 0 Å². The molecule has 1 fully saturated rings. The molecule has 0 aliphatic carbocycles. The van der Waals surface area contributed by atoms with E-state index in [0.717, 1.165) is 31.6 Å². The van der Waals surface area contributed by atoms with Gasteiger partial charge in [-0.15, -0.1) is 0 Å². The van der Waals surface area contributed by atoms with Crippen molar-refractivity contribution in [3.63, 3.8) is 0 Å². The normalized spacial score (nSPS) is 18.7. The molecule has 4 heteroatoms. The van der Waals surface area contributed by atoms with Gasteiger partial charge in [0.05, 0.1) is 11.7 Å². The van der Waals surface area contributed by atoms with Crippen molar-refractivity contribution in [2.24, 2.45) is 5.41 Å². The van der Waals surface area contributed by atoms with Crippen LogP contribution in [0.25, 0.3) is 0 Å². The van der Waals surface area contributed by atoms with Crippen LogP contribution in [0.3, 0.4) is 0 Å². The Hall–Kier alpha value is -2.20. The lowest BCUT2D eigenvalue weighted by Crippen LogP contribution is -2.44. The number of likely N-dealkylation sites (tertiary alicyclic amines) is 1. The molecule has 0 radical (unpaired) electrons. The van der Waals surface area contributed by atoms with E-state index in [9.17, 15) is 4.79 Å². The van der Waals surface area contributed by atoms with Crippen LogP contribution >= 0.6 is 0 Å². The third-order valence-corrected chi connectivity index (χ3v) is 5.86. The number of pyridine rings is 1. The number of rotatable bonds is 8. The standard InChI is InChI=1S/C26H37N3O/c1-26(2,3)20-25(30)28-24(23-14-7-9-16-27-23)19-22-13-8-10-17-29(22)18-15-21-11-5-4-6-12-21/h4-7,9,11-12,14,16,22,24H,8,10,13,15,17-20H2,1-3H3,(H,28,30)/t22-,24-/m0/s1. The van der Waals surface area contributed by atoms with Crippen molar-refractivity contribution in [2.45, 2.75) is 71.4 Å². The van der Waals surface area contributed by atoms with Crippen LogP contribution in [0, 0.1) is 5.41 Å². The number of hydrogen-bond acceptors (Lipinski definition) is 3. The van der Waals surface area contributed by atoms with Gasteiger partial charge in [0, 0.05) is 25.2 Å². The van der Waals surface area contributed by atoms with Gasteiger partial charge in [-0.3, -0.25) is 14.7 Å². The van der Waals surface area contributed by atoms with Gasteiger partial charge in [0.15, 0.2) is 0 Å². The van der Waals surface area contributed by atoms with Crippen molar-refractivity contribution < 1.29 is 4.79 Å². The van der Waals surface area contributed by atoms with Crippen molar-refractivity contribution in [1.29, 1.82) is 0 Å². The number of nitrogens with one attached hydrogen (secondary N) is 1. The number of aromatic nitrogens is 1. The molecule has 1 aliphatic rings. The number of carbonyl (C=O) groups excluding carboxylic acids is 1. The summed E-state index contributed by atoms with van der Waals surface area (Å²) in [5.41, 5.74) is 2.33. The van der Waals surface area contributed by atoms with Gasteiger partial charge in [-0.25, -0.2) is 0 Å². The molecule has 162 valence electrons. The molecule has 4 nitrogen and oxygen atoms in total. The quantitative estimate of drug-likeness (QED) is 0.657. The highest BCUT2D eigenvalue weighted by Gasteiger charge is 2.28. The van der Waals surface area contributed by atoms with Gasteiger partial charge in [0.25, 0.3) is 0 Å². The van der Waals surface area contributed by atoms with Gasteiger partial charge < -0.3 is 5.32 Å². The molecule has 2 atom stereocenters. The van der Waals surface area contributed by atoms with Gasteiger partial charge in [0.2, 0.25) is 5.91 Å². The van der Waals surface area contributed by atoms with Crippen LogP contribution < -0.4 is 5.32 Å². The Balaban J connectivity index is 1.68. The van der Waals surface area contributed by atoms with Crippen molar-refractivity contribution in [3.05, 3.63) is 66.0 Å². The summed E-state index contributed by atoms with van der Waals surface area (Å²) >= 11 is 0. The maximum atomic E-state index is 12.7. The van der Waals surface area contributed by atoms with Gasteiger partial charge in [0.1, 0.15) is 0 Å². The van der Waals surface area contributed by atoms with Gasteiger partial charge in [-0.1, -0.05) is 63.6 Å². The summed E-state index contributed by atoms with van der Waals surface area (Å²) < 4.78 is 0. The molecule has 1 saturated heterocycles. The molecule has 1 aliphatic heterocycles. The molecule has 30 heavy (non-hydrogen) atoms. The number of nitrogens with zero attached hydrogens (tertiary/aromatic N) is 2. The van der Waals surface area contributed by atoms with Gasteiger partial charge in [-0.2, -0.15) is 0 Å². The third-order valence-electron chi connectivity index (χ3n) is 5.86. The molecule has 0 spiro atoms. The van der Waals surface area contributed by atoms with E-state index in [4.69, 9.17) is 0 Å². The fraction of sp³-hybridized carbons (Fsp3) is 0.538. The number of benzene rings is 1. The highest BCUT2D eigenvalue weighted by atomic mass is 16.1. The second kappa shape index (κ2) is 10.7. The topological polar surface area (TPSA) is 45.2 Å². The van der Waals surface area contributed by atoms with Crippen LogP contribution in [0.1, 0.15) is 70.2 Å². The lowest BCUT2D eigenvalue weighted by Gasteiger charge is -2.38. The predicted octanol–water partition coefficient (Wildman–Crippen LogP) is 5.16. The summed E-state index contributed by atoms with van der Waals surface area (Å²) in [5.74, 6) is 0.116. The molecule has 0 saturated carbocycles. The van der Waals surface area contributed by atoms with Crippen LogP contribution in [0.15, 0.2) is 54.7 Å². The Morgan fingerprint density at radius 1 is 1.13 bits per heavy atom. The fourth-order valence-corrected chi connectivity index (χ4v) is 4.37. The molecule has 1 N–H and O–H groups in total. The number of hydrogen-bond donors (Lipinski definition) is 1. The first-order valence-corrected chi connectivity index (χ1v) is 11.4. The molecule has 2 heterocycles. The molecule has 1 amide bonds. The minimum atomic E-state index is -0.0385. The zero-order chi connectivity index (χ0) is 21.4. The zero-order valence-electron chi connectivity index (χ0n) is 18.8. The Morgan fingerprint density at radius 2 is 1.90 bits per heavy atom. The van der Waals surface area contributed by atoms with Crippen molar-refractivity contribution in [2.75, 3.05) is 13.1 Å². The van der Waals surface area contributed by atoms with Crippen molar-refractivity contribution in [1.82, 2.24) is 15.2 Å². The Morgan fingerprint density at radius 3 is 2.60 bits per heavy atom. The molecular weight excluding hydrogens is 370 g/mol. The van der Waals surface area contributed by atoms with E-state index in [1.165, 1.54) is 24.8 Å². The van der Waals surface area contributed by atoms with Gasteiger partial charge >= 0.3 is 0 Å². The highest BCUT2D eigenvalue weighted by molar-refractivity contribution is 5.77. The van der Waals surface area contributed by atoms with Crippen LogP contribution in [-0.2, 0) is 11.2 Å². The summed E-state index contributed by atoms with van der Waals surface area (Å²) in [4.78, 5) is 19.9. The van der Waals surface area contributed by atoms with E-state index < -0.39 is 0 Å². The summed E-state index contributed by atoms with van der Waals surface area (Å²) in [6.07, 6.45) is 8.05. The molecule has 0 unspecified atom stereocenters. The number of piperidine rings is 1. The van der Waals surface area contributed by atoms with Crippen molar-refractivity contribution in [3.8, 4) is 0 Å². The molecule has 1 aromatic heterocycles. The first-order valence-electron chi connectivity index (χ1n) is 11.4. The smallest absolute Gasteiger partial charge is 0.221 e. The first-order chi connectivity index (χ1) is 14.4. The van der Waals surface area contributed by atoms with Crippen LogP contribution in [-0.4, -0.2) is 34.9 Å².